The largest absolute Gasteiger partial charge is 0.465 e. The van der Waals surface area contributed by atoms with E-state index < -0.39 is 16.0 Å². The summed E-state index contributed by atoms with van der Waals surface area (Å²) < 4.78 is 31.9. The zero-order chi connectivity index (χ0) is 18.6. The monoisotopic (exact) mass is 388 g/mol. The molecule has 1 aliphatic rings. The van der Waals surface area contributed by atoms with Crippen LogP contribution in [0.4, 0.5) is 0 Å². The highest BCUT2D eigenvalue weighted by Crippen LogP contribution is 2.29. The fourth-order valence-electron chi connectivity index (χ4n) is 3.04. The molecule has 2 heterocycles. The predicted molar refractivity (Wildman–Crippen MR) is 95.1 cm³/mol. The Hall–Kier alpha value is -1.45. The lowest BCUT2D eigenvalue weighted by atomic mass is 9.98. The number of amides is 1. The molecule has 1 aromatic rings. The van der Waals surface area contributed by atoms with E-state index in [1.807, 2.05) is 13.8 Å². The Morgan fingerprint density at radius 2 is 2.04 bits per heavy atom. The number of sulfonamides is 1. The number of thiophene rings is 1. The molecule has 0 N–H and O–H groups in total. The number of hydrogen-bond donors (Lipinski definition) is 0. The van der Waals surface area contributed by atoms with Gasteiger partial charge >= 0.3 is 5.97 Å². The number of carbonyl (C=O) groups excluding carboxylic acids is 2. The van der Waals surface area contributed by atoms with Gasteiger partial charge in [-0.05, 0) is 38.1 Å². The van der Waals surface area contributed by atoms with Crippen LogP contribution in [0.3, 0.4) is 0 Å². The summed E-state index contributed by atoms with van der Waals surface area (Å²) >= 11 is 1.04. The van der Waals surface area contributed by atoms with Crippen molar-refractivity contribution in [2.75, 3.05) is 33.3 Å². The standard InChI is InChI=1S/C16H24N2O5S2/c1-4-17(5-2)15(19)12-7-6-9-18(11-12)25(21,22)13-8-10-24-14(13)16(20)23-3/h8,10,12H,4-7,9,11H2,1-3H3. The minimum atomic E-state index is -3.84. The topological polar surface area (TPSA) is 84.0 Å². The lowest BCUT2D eigenvalue weighted by Gasteiger charge is -2.33. The van der Waals surface area contributed by atoms with Crippen LogP contribution in [0.2, 0.25) is 0 Å². The Morgan fingerprint density at radius 1 is 1.36 bits per heavy atom. The van der Waals surface area contributed by atoms with E-state index in [1.165, 1.54) is 17.5 Å². The molecule has 0 bridgehead atoms. The third-order valence-electron chi connectivity index (χ3n) is 4.43. The summed E-state index contributed by atoms with van der Waals surface area (Å²) in [6.07, 6.45) is 1.30. The van der Waals surface area contributed by atoms with Gasteiger partial charge in [0.05, 0.1) is 13.0 Å². The summed E-state index contributed by atoms with van der Waals surface area (Å²) in [5.41, 5.74) is 0. The maximum Gasteiger partial charge on any atom is 0.349 e. The third kappa shape index (κ3) is 4.04. The molecule has 1 amide bonds. The smallest absolute Gasteiger partial charge is 0.349 e. The number of piperidine rings is 1. The number of rotatable bonds is 6. The fraction of sp³-hybridized carbons (Fsp3) is 0.625. The fourth-order valence-corrected chi connectivity index (χ4v) is 5.87. The molecule has 1 aromatic heterocycles. The molecule has 1 aliphatic heterocycles. The van der Waals surface area contributed by atoms with Crippen molar-refractivity contribution in [3.63, 3.8) is 0 Å². The van der Waals surface area contributed by atoms with Gasteiger partial charge in [0, 0.05) is 26.2 Å². The van der Waals surface area contributed by atoms with Gasteiger partial charge in [-0.1, -0.05) is 0 Å². The Kier molecular flexibility index (Phi) is 6.59. The second kappa shape index (κ2) is 8.29. The van der Waals surface area contributed by atoms with E-state index in [-0.39, 0.29) is 28.1 Å². The highest BCUT2D eigenvalue weighted by molar-refractivity contribution is 7.89. The van der Waals surface area contributed by atoms with Gasteiger partial charge in [0.15, 0.2) is 0 Å². The van der Waals surface area contributed by atoms with E-state index >= 15 is 0 Å². The number of hydrogen-bond acceptors (Lipinski definition) is 6. The zero-order valence-electron chi connectivity index (χ0n) is 14.7. The lowest BCUT2D eigenvalue weighted by Crippen LogP contribution is -2.46. The molecule has 0 spiro atoms. The molecular formula is C16H24N2O5S2. The number of carbonyl (C=O) groups is 2. The van der Waals surface area contributed by atoms with Crippen LogP contribution < -0.4 is 0 Å². The minimum Gasteiger partial charge on any atom is -0.465 e. The van der Waals surface area contributed by atoms with E-state index in [9.17, 15) is 18.0 Å². The molecule has 1 saturated heterocycles. The van der Waals surface area contributed by atoms with E-state index in [2.05, 4.69) is 4.74 Å². The van der Waals surface area contributed by atoms with E-state index in [0.29, 0.717) is 32.5 Å². The molecule has 1 fully saturated rings. The van der Waals surface area contributed by atoms with Crippen molar-refractivity contribution in [1.82, 2.24) is 9.21 Å². The molecule has 0 aromatic carbocycles. The lowest BCUT2D eigenvalue weighted by molar-refractivity contribution is -0.136. The Balaban J connectivity index is 2.24. The van der Waals surface area contributed by atoms with Crippen molar-refractivity contribution in [1.29, 1.82) is 0 Å². The Labute approximate surface area is 152 Å². The second-order valence-electron chi connectivity index (χ2n) is 5.82. The highest BCUT2D eigenvalue weighted by Gasteiger charge is 2.36. The van der Waals surface area contributed by atoms with Gasteiger partial charge < -0.3 is 9.64 Å². The van der Waals surface area contributed by atoms with Crippen LogP contribution in [0.25, 0.3) is 0 Å². The number of esters is 1. The molecular weight excluding hydrogens is 364 g/mol. The van der Waals surface area contributed by atoms with Crippen molar-refractivity contribution in [3.8, 4) is 0 Å². The van der Waals surface area contributed by atoms with Gasteiger partial charge in [-0.3, -0.25) is 4.79 Å². The summed E-state index contributed by atoms with van der Waals surface area (Å²) in [6, 6.07) is 1.42. The number of nitrogens with zero attached hydrogens (tertiary/aromatic N) is 2. The highest BCUT2D eigenvalue weighted by atomic mass is 32.2. The van der Waals surface area contributed by atoms with Crippen molar-refractivity contribution in [2.45, 2.75) is 31.6 Å². The summed E-state index contributed by atoms with van der Waals surface area (Å²) in [7, 11) is -2.62. The van der Waals surface area contributed by atoms with Gasteiger partial charge in [-0.15, -0.1) is 11.3 Å². The summed E-state index contributed by atoms with van der Waals surface area (Å²) in [5.74, 6) is -1.02. The summed E-state index contributed by atoms with van der Waals surface area (Å²) in [4.78, 5) is 26.1. The summed E-state index contributed by atoms with van der Waals surface area (Å²) in [5, 5.41) is 1.56. The van der Waals surface area contributed by atoms with E-state index in [0.717, 1.165) is 11.3 Å². The van der Waals surface area contributed by atoms with Crippen molar-refractivity contribution < 1.29 is 22.7 Å². The first-order valence-electron chi connectivity index (χ1n) is 8.31. The first kappa shape index (κ1) is 19.9. The first-order chi connectivity index (χ1) is 11.9. The maximum atomic E-state index is 13.0. The molecule has 7 nitrogen and oxygen atoms in total. The molecule has 0 saturated carbocycles. The molecule has 0 aliphatic carbocycles. The molecule has 140 valence electrons. The van der Waals surface area contributed by atoms with Gasteiger partial charge in [0.2, 0.25) is 15.9 Å². The average molecular weight is 389 g/mol. The summed E-state index contributed by atoms with van der Waals surface area (Å²) in [6.45, 7) is 5.53. The maximum absolute atomic E-state index is 13.0. The van der Waals surface area contributed by atoms with Gasteiger partial charge in [-0.25, -0.2) is 13.2 Å². The van der Waals surface area contributed by atoms with Crippen LogP contribution in [0.15, 0.2) is 16.3 Å². The van der Waals surface area contributed by atoms with Crippen LogP contribution in [0.1, 0.15) is 36.4 Å². The molecule has 9 heteroatoms. The minimum absolute atomic E-state index is 0.0107. The SMILES string of the molecule is CCN(CC)C(=O)C1CCCN(S(=O)(=O)c2ccsc2C(=O)OC)C1. The number of ether oxygens (including phenoxy) is 1. The van der Waals surface area contributed by atoms with Crippen LogP contribution in [-0.2, 0) is 19.6 Å². The predicted octanol–water partition coefficient (Wildman–Crippen LogP) is 1.80. The van der Waals surface area contributed by atoms with E-state index in [4.69, 9.17) is 0 Å². The molecule has 0 radical (unpaired) electrons. The van der Waals surface area contributed by atoms with Crippen molar-refractivity contribution in [3.05, 3.63) is 16.3 Å². The first-order valence-corrected chi connectivity index (χ1v) is 10.6. The van der Waals surface area contributed by atoms with Crippen molar-refractivity contribution >= 4 is 33.2 Å². The zero-order valence-corrected chi connectivity index (χ0v) is 16.4. The molecule has 1 atom stereocenters. The quantitative estimate of drug-likeness (QED) is 0.694. The van der Waals surface area contributed by atoms with Crippen LogP contribution in [-0.4, -0.2) is 62.8 Å². The van der Waals surface area contributed by atoms with Crippen molar-refractivity contribution in [2.24, 2.45) is 5.92 Å². The second-order valence-corrected chi connectivity index (χ2v) is 8.64. The average Bonchev–Trinajstić information content (AvgIpc) is 3.12. The Morgan fingerprint density at radius 3 is 2.64 bits per heavy atom. The third-order valence-corrected chi connectivity index (χ3v) is 7.36. The van der Waals surface area contributed by atoms with Gasteiger partial charge in [0.25, 0.3) is 0 Å². The van der Waals surface area contributed by atoms with Gasteiger partial charge in [-0.2, -0.15) is 4.31 Å². The van der Waals surface area contributed by atoms with E-state index in [1.54, 1.807) is 10.3 Å². The molecule has 1 unspecified atom stereocenters. The molecule has 25 heavy (non-hydrogen) atoms. The van der Waals surface area contributed by atoms with Crippen LogP contribution in [0.5, 0.6) is 0 Å². The molecule has 2 rings (SSSR count). The van der Waals surface area contributed by atoms with Gasteiger partial charge in [0.1, 0.15) is 9.77 Å². The normalized spacial score (nSPS) is 18.8. The Bertz CT molecular complexity index is 725. The number of methoxy groups -OCH3 is 1. The van der Waals surface area contributed by atoms with Crippen LogP contribution in [0, 0.1) is 5.92 Å². The van der Waals surface area contributed by atoms with Crippen LogP contribution >= 0.6 is 11.3 Å².